The molecule has 4 N–H and O–H groups in total. The normalized spacial score (nSPS) is 13.7. The van der Waals surface area contributed by atoms with Crippen LogP contribution in [0.3, 0.4) is 0 Å². The third-order valence-corrected chi connectivity index (χ3v) is 11.1. The largest absolute Gasteiger partial charge is 0.462 e. The number of ether oxygens (including phenoxy) is 2. The molecule has 0 radical (unpaired) electrons. The standard InChI is InChI=1S/C47H53N3O7S/c1-3-5-25-43(50-47(55)57-30-42-40-23-14-12-21-38(40)39-22-13-15-24-41(39)42)46(54)56-29-37(32-58-31-34-19-10-7-11-20-34)49-45(53)35(16-4-2)27-44(52)48-36(28-51)26-33-17-8-6-9-18-33/h3-4,6-15,17-24,35-37,42-43,51H,1-2,5,16,25-32H2,(H,48,52)(H,49,53)(H,50,55)/t35-,36-,37-,43+/m1/s1. The van der Waals surface area contributed by atoms with Crippen molar-refractivity contribution in [2.45, 2.75) is 61.9 Å². The Labute approximate surface area is 345 Å². The van der Waals surface area contributed by atoms with E-state index in [9.17, 15) is 24.3 Å². The summed E-state index contributed by atoms with van der Waals surface area (Å²) in [5.41, 5.74) is 6.43. The monoisotopic (exact) mass is 803 g/mol. The molecule has 4 aromatic rings. The zero-order chi connectivity index (χ0) is 41.1. The maximum Gasteiger partial charge on any atom is 0.407 e. The predicted molar refractivity (Wildman–Crippen MR) is 229 cm³/mol. The van der Waals surface area contributed by atoms with Gasteiger partial charge in [-0.3, -0.25) is 9.59 Å². The molecule has 0 fully saturated rings. The average molecular weight is 804 g/mol. The molecule has 0 aliphatic heterocycles. The lowest BCUT2D eigenvalue weighted by Crippen LogP contribution is -2.47. The second-order valence-electron chi connectivity index (χ2n) is 14.3. The molecule has 1 aliphatic rings. The number of carbonyl (C=O) groups is 4. The van der Waals surface area contributed by atoms with E-state index in [1.807, 2.05) is 97.1 Å². The number of esters is 1. The van der Waals surface area contributed by atoms with Crippen molar-refractivity contribution >= 4 is 35.6 Å². The van der Waals surface area contributed by atoms with Gasteiger partial charge in [0, 0.05) is 23.8 Å². The topological polar surface area (TPSA) is 143 Å². The number of carbonyl (C=O) groups excluding carboxylic acids is 4. The van der Waals surface area contributed by atoms with Crippen molar-refractivity contribution in [1.29, 1.82) is 0 Å². The minimum Gasteiger partial charge on any atom is -0.462 e. The molecule has 11 heteroatoms. The Hall–Kier alpha value is -5.65. The molecule has 0 bridgehead atoms. The fourth-order valence-electron chi connectivity index (χ4n) is 7.00. The lowest BCUT2D eigenvalue weighted by Gasteiger charge is -2.24. The summed E-state index contributed by atoms with van der Waals surface area (Å²) in [6, 6.07) is 33.3. The Morgan fingerprint density at radius 2 is 1.36 bits per heavy atom. The Morgan fingerprint density at radius 1 is 0.741 bits per heavy atom. The highest BCUT2D eigenvalue weighted by Gasteiger charge is 2.31. The number of aliphatic hydroxyl groups excluding tert-OH is 1. The summed E-state index contributed by atoms with van der Waals surface area (Å²) in [6.45, 7) is 7.23. The molecule has 304 valence electrons. The number of hydrogen-bond donors (Lipinski definition) is 4. The maximum absolute atomic E-state index is 13.7. The second-order valence-corrected chi connectivity index (χ2v) is 15.3. The lowest BCUT2D eigenvalue weighted by molar-refractivity contribution is -0.147. The molecular weight excluding hydrogens is 751 g/mol. The number of aliphatic hydroxyl groups is 1. The number of nitrogens with one attached hydrogen (secondary N) is 3. The molecule has 0 saturated carbocycles. The molecule has 10 nitrogen and oxygen atoms in total. The first-order valence-corrected chi connectivity index (χ1v) is 20.8. The zero-order valence-electron chi connectivity index (χ0n) is 32.7. The molecule has 5 rings (SSSR count). The van der Waals surface area contributed by atoms with Crippen molar-refractivity contribution in [3.05, 3.63) is 157 Å². The van der Waals surface area contributed by atoms with Gasteiger partial charge >= 0.3 is 12.1 Å². The highest BCUT2D eigenvalue weighted by atomic mass is 32.2. The summed E-state index contributed by atoms with van der Waals surface area (Å²) >= 11 is 1.56. The maximum atomic E-state index is 13.7. The molecule has 0 unspecified atom stereocenters. The van der Waals surface area contributed by atoms with Gasteiger partial charge < -0.3 is 30.5 Å². The first-order valence-electron chi connectivity index (χ1n) is 19.7. The number of fused-ring (bicyclic) bond motifs is 3. The Kier molecular flexibility index (Phi) is 17.2. The number of hydrogen-bond acceptors (Lipinski definition) is 8. The summed E-state index contributed by atoms with van der Waals surface area (Å²) in [7, 11) is 0. The summed E-state index contributed by atoms with van der Waals surface area (Å²) in [4.78, 5) is 53.6. The number of allylic oxidation sites excluding steroid dienone is 2. The Balaban J connectivity index is 1.20. The van der Waals surface area contributed by atoms with Gasteiger partial charge in [-0.15, -0.1) is 13.2 Å². The van der Waals surface area contributed by atoms with Crippen LogP contribution < -0.4 is 16.0 Å². The SMILES string of the molecule is C=CCC[C@H](NC(=O)OCC1c2ccccc2-c2ccccc21)C(=O)OC[C@H](CSCc1ccccc1)NC(=O)[C@H](CC=C)CC(=O)N[C@@H](CO)Cc1ccccc1. The summed E-state index contributed by atoms with van der Waals surface area (Å²) in [6.07, 6.45) is 3.73. The highest BCUT2D eigenvalue weighted by molar-refractivity contribution is 7.98. The molecule has 58 heavy (non-hydrogen) atoms. The van der Waals surface area contributed by atoms with Crippen LogP contribution in [0.4, 0.5) is 4.79 Å². The summed E-state index contributed by atoms with van der Waals surface area (Å²) in [5, 5.41) is 18.5. The van der Waals surface area contributed by atoms with Crippen LogP contribution in [0, 0.1) is 5.92 Å². The van der Waals surface area contributed by atoms with Gasteiger partial charge in [-0.25, -0.2) is 9.59 Å². The van der Waals surface area contributed by atoms with E-state index in [0.29, 0.717) is 24.3 Å². The van der Waals surface area contributed by atoms with Gasteiger partial charge in [-0.05, 0) is 59.1 Å². The van der Waals surface area contributed by atoms with E-state index in [-0.39, 0.29) is 56.8 Å². The van der Waals surface area contributed by atoms with Crippen molar-refractivity contribution in [2.75, 3.05) is 25.6 Å². The van der Waals surface area contributed by atoms with E-state index in [4.69, 9.17) is 9.47 Å². The molecule has 4 atom stereocenters. The van der Waals surface area contributed by atoms with Crippen LogP contribution in [0.5, 0.6) is 0 Å². The van der Waals surface area contributed by atoms with Gasteiger partial charge in [0.15, 0.2) is 0 Å². The molecule has 0 heterocycles. The quantitative estimate of drug-likeness (QED) is 0.0459. The van der Waals surface area contributed by atoms with E-state index in [0.717, 1.165) is 33.4 Å². The number of rotatable bonds is 23. The molecule has 0 aromatic heterocycles. The number of benzene rings is 4. The third-order valence-electron chi connectivity index (χ3n) is 9.95. The van der Waals surface area contributed by atoms with Crippen LogP contribution >= 0.6 is 11.8 Å². The highest BCUT2D eigenvalue weighted by Crippen LogP contribution is 2.44. The fraction of sp³-hybridized carbons (Fsp3) is 0.319. The van der Waals surface area contributed by atoms with Gasteiger partial charge in [0.05, 0.1) is 24.6 Å². The Morgan fingerprint density at radius 3 is 1.98 bits per heavy atom. The van der Waals surface area contributed by atoms with E-state index >= 15 is 0 Å². The number of amides is 3. The second kappa shape index (κ2) is 22.9. The average Bonchev–Trinajstić information content (AvgIpc) is 3.56. The minimum atomic E-state index is -1.02. The van der Waals surface area contributed by atoms with Crippen molar-refractivity contribution in [1.82, 2.24) is 16.0 Å². The molecule has 0 saturated heterocycles. The Bertz CT molecular complexity index is 1930. The van der Waals surface area contributed by atoms with Crippen LogP contribution in [0.1, 0.15) is 53.9 Å². The van der Waals surface area contributed by atoms with Crippen LogP contribution in [0.15, 0.2) is 135 Å². The van der Waals surface area contributed by atoms with E-state index in [1.54, 1.807) is 23.9 Å². The van der Waals surface area contributed by atoms with Gasteiger partial charge in [-0.2, -0.15) is 11.8 Å². The fourth-order valence-corrected chi connectivity index (χ4v) is 8.01. The summed E-state index contributed by atoms with van der Waals surface area (Å²) < 4.78 is 11.5. The number of thioether (sulfide) groups is 1. The minimum absolute atomic E-state index is 0.0907. The first-order chi connectivity index (χ1) is 28.3. The molecule has 0 spiro atoms. The van der Waals surface area contributed by atoms with Gasteiger partial charge in [0.25, 0.3) is 0 Å². The molecule has 1 aliphatic carbocycles. The van der Waals surface area contributed by atoms with Crippen LogP contribution in [-0.4, -0.2) is 72.7 Å². The van der Waals surface area contributed by atoms with Crippen molar-refractivity contribution in [2.24, 2.45) is 5.92 Å². The smallest absolute Gasteiger partial charge is 0.407 e. The van der Waals surface area contributed by atoms with Crippen LogP contribution in [-0.2, 0) is 36.0 Å². The van der Waals surface area contributed by atoms with Crippen molar-refractivity contribution in [3.8, 4) is 11.1 Å². The van der Waals surface area contributed by atoms with E-state index < -0.39 is 36.1 Å². The molecule has 3 amide bonds. The first kappa shape index (κ1) is 43.5. The van der Waals surface area contributed by atoms with Gasteiger partial charge in [0.2, 0.25) is 11.8 Å². The van der Waals surface area contributed by atoms with Gasteiger partial charge in [-0.1, -0.05) is 121 Å². The van der Waals surface area contributed by atoms with E-state index in [1.165, 1.54) is 0 Å². The lowest BCUT2D eigenvalue weighted by atomic mass is 9.98. The van der Waals surface area contributed by atoms with Crippen LogP contribution in [0.2, 0.25) is 0 Å². The van der Waals surface area contributed by atoms with E-state index in [2.05, 4.69) is 41.2 Å². The number of alkyl carbamates (subject to hydrolysis) is 1. The zero-order valence-corrected chi connectivity index (χ0v) is 33.5. The van der Waals surface area contributed by atoms with Crippen LogP contribution in [0.25, 0.3) is 11.1 Å². The molecular formula is C47H53N3O7S. The van der Waals surface area contributed by atoms with Gasteiger partial charge in [0.1, 0.15) is 19.3 Å². The molecule has 4 aromatic carbocycles. The van der Waals surface area contributed by atoms with Crippen molar-refractivity contribution in [3.63, 3.8) is 0 Å². The predicted octanol–water partition coefficient (Wildman–Crippen LogP) is 7.12. The summed E-state index contributed by atoms with van der Waals surface area (Å²) in [5.74, 6) is -1.25. The van der Waals surface area contributed by atoms with Crippen molar-refractivity contribution < 1.29 is 33.8 Å². The third kappa shape index (κ3) is 12.9.